The second-order valence-corrected chi connectivity index (χ2v) is 5.73. The van der Waals surface area contributed by atoms with Crippen LogP contribution in [0.1, 0.15) is 51.9 Å². The molecule has 0 aromatic rings. The monoisotopic (exact) mass is 316 g/mol. The Morgan fingerprint density at radius 3 is 2.72 bits per heavy atom. The van der Waals surface area contributed by atoms with Crippen LogP contribution in [0.15, 0.2) is 11.6 Å². The molecule has 18 heavy (non-hydrogen) atoms. The lowest BCUT2D eigenvalue weighted by atomic mass is 10.0. The summed E-state index contributed by atoms with van der Waals surface area (Å²) < 4.78 is 4.86. The van der Waals surface area contributed by atoms with Crippen LogP contribution in [0.4, 0.5) is 0 Å². The van der Waals surface area contributed by atoms with Crippen molar-refractivity contribution in [1.29, 1.82) is 0 Å². The molecular formula is C14H21BrO3. The van der Waals surface area contributed by atoms with Gasteiger partial charge >= 0.3 is 5.97 Å². The number of halogens is 1. The topological polar surface area (TPSA) is 43.4 Å². The lowest BCUT2D eigenvalue weighted by molar-refractivity contribution is -0.143. The summed E-state index contributed by atoms with van der Waals surface area (Å²) in [4.78, 5) is 22.8. The van der Waals surface area contributed by atoms with E-state index in [9.17, 15) is 9.59 Å². The van der Waals surface area contributed by atoms with Crippen molar-refractivity contribution in [2.75, 3.05) is 6.61 Å². The zero-order valence-electron chi connectivity index (χ0n) is 10.9. The highest BCUT2D eigenvalue weighted by atomic mass is 79.9. The third-order valence-electron chi connectivity index (χ3n) is 3.00. The highest BCUT2D eigenvalue weighted by Gasteiger charge is 2.20. The van der Waals surface area contributed by atoms with E-state index in [-0.39, 0.29) is 16.6 Å². The molecule has 0 aromatic carbocycles. The van der Waals surface area contributed by atoms with Crippen LogP contribution >= 0.6 is 15.9 Å². The standard InChI is InChI=1S/C14H21BrO3/c1-2-18-14(17)8-6-4-3-5-7-11-9-12(15)10-13(11)16/h9,12H,2-8,10H2,1H3. The second-order valence-electron chi connectivity index (χ2n) is 4.55. The van der Waals surface area contributed by atoms with Gasteiger partial charge in [0.1, 0.15) is 0 Å². The number of alkyl halides is 1. The largest absolute Gasteiger partial charge is 0.466 e. The molecule has 0 aliphatic heterocycles. The van der Waals surface area contributed by atoms with Gasteiger partial charge in [-0.3, -0.25) is 9.59 Å². The van der Waals surface area contributed by atoms with Crippen LogP contribution in [0.3, 0.4) is 0 Å². The Morgan fingerprint density at radius 2 is 2.11 bits per heavy atom. The number of rotatable bonds is 8. The summed E-state index contributed by atoms with van der Waals surface area (Å²) >= 11 is 3.43. The first kappa shape index (κ1) is 15.4. The summed E-state index contributed by atoms with van der Waals surface area (Å²) in [5.41, 5.74) is 0.974. The van der Waals surface area contributed by atoms with Crippen molar-refractivity contribution in [2.24, 2.45) is 0 Å². The zero-order valence-corrected chi connectivity index (χ0v) is 12.5. The van der Waals surface area contributed by atoms with Crippen LogP contribution < -0.4 is 0 Å². The van der Waals surface area contributed by atoms with E-state index < -0.39 is 0 Å². The lowest BCUT2D eigenvalue weighted by Gasteiger charge is -2.02. The minimum absolute atomic E-state index is 0.103. The van der Waals surface area contributed by atoms with Gasteiger partial charge in [0.2, 0.25) is 0 Å². The van der Waals surface area contributed by atoms with Crippen molar-refractivity contribution < 1.29 is 14.3 Å². The van der Waals surface area contributed by atoms with Crippen LogP contribution in [0, 0.1) is 0 Å². The van der Waals surface area contributed by atoms with Gasteiger partial charge in [-0.2, -0.15) is 0 Å². The Balaban J connectivity index is 2.01. The maximum absolute atomic E-state index is 11.5. The van der Waals surface area contributed by atoms with Gasteiger partial charge in [-0.1, -0.05) is 34.8 Å². The number of carbonyl (C=O) groups is 2. The number of allylic oxidation sites excluding steroid dienone is 2. The van der Waals surface area contributed by atoms with Gasteiger partial charge < -0.3 is 4.74 Å². The summed E-state index contributed by atoms with van der Waals surface area (Å²) in [6.07, 6.45) is 8.03. The van der Waals surface area contributed by atoms with E-state index in [1.807, 2.05) is 13.0 Å². The molecular weight excluding hydrogens is 296 g/mol. The number of hydrogen-bond donors (Lipinski definition) is 0. The van der Waals surface area contributed by atoms with Crippen molar-refractivity contribution in [2.45, 2.75) is 56.7 Å². The SMILES string of the molecule is CCOC(=O)CCCCCCC1=CC(Br)CC1=O. The number of hydrogen-bond acceptors (Lipinski definition) is 3. The van der Waals surface area contributed by atoms with E-state index in [0.717, 1.165) is 37.7 Å². The molecule has 0 amide bonds. The molecule has 1 aliphatic carbocycles. The molecule has 3 nitrogen and oxygen atoms in total. The Labute approximate surface area is 117 Å². The normalized spacial score (nSPS) is 18.9. The number of Topliss-reactive ketones (excluding diaryl/α,β-unsaturated/α-hetero) is 1. The highest BCUT2D eigenvalue weighted by molar-refractivity contribution is 9.09. The lowest BCUT2D eigenvalue weighted by Crippen LogP contribution is -2.03. The number of ether oxygens (including phenoxy) is 1. The molecule has 0 fully saturated rings. The molecule has 0 saturated heterocycles. The van der Waals surface area contributed by atoms with Crippen molar-refractivity contribution >= 4 is 27.7 Å². The van der Waals surface area contributed by atoms with Crippen molar-refractivity contribution in [3.8, 4) is 0 Å². The average molecular weight is 317 g/mol. The average Bonchev–Trinajstić information content (AvgIpc) is 2.62. The number of ketones is 1. The fourth-order valence-corrected chi connectivity index (χ4v) is 2.69. The first-order valence-electron chi connectivity index (χ1n) is 6.67. The van der Waals surface area contributed by atoms with Crippen molar-refractivity contribution in [3.05, 3.63) is 11.6 Å². The minimum Gasteiger partial charge on any atom is -0.466 e. The van der Waals surface area contributed by atoms with Gasteiger partial charge in [0.15, 0.2) is 5.78 Å². The molecule has 0 aromatic heterocycles. The third kappa shape index (κ3) is 5.80. The summed E-state index contributed by atoms with van der Waals surface area (Å²) in [5.74, 6) is 0.178. The summed E-state index contributed by atoms with van der Waals surface area (Å²) in [5, 5.41) is 0. The van der Waals surface area contributed by atoms with E-state index in [0.29, 0.717) is 19.4 Å². The predicted octanol–water partition coefficient (Wildman–Crippen LogP) is 3.55. The number of unbranched alkanes of at least 4 members (excludes halogenated alkanes) is 3. The van der Waals surface area contributed by atoms with Crippen LogP contribution in [0.25, 0.3) is 0 Å². The molecule has 0 N–H and O–H groups in total. The quantitative estimate of drug-likeness (QED) is 0.391. The summed E-state index contributed by atoms with van der Waals surface area (Å²) in [6, 6.07) is 0. The maximum atomic E-state index is 11.5. The molecule has 1 rings (SSSR count). The maximum Gasteiger partial charge on any atom is 0.305 e. The third-order valence-corrected chi connectivity index (χ3v) is 3.59. The van der Waals surface area contributed by atoms with Crippen molar-refractivity contribution in [1.82, 2.24) is 0 Å². The van der Waals surface area contributed by atoms with E-state index >= 15 is 0 Å². The van der Waals surface area contributed by atoms with Crippen LogP contribution in [0.2, 0.25) is 0 Å². The van der Waals surface area contributed by atoms with Crippen LogP contribution in [-0.4, -0.2) is 23.2 Å². The summed E-state index contributed by atoms with van der Waals surface area (Å²) in [6.45, 7) is 2.28. The first-order chi connectivity index (χ1) is 8.63. The van der Waals surface area contributed by atoms with Gasteiger partial charge in [0.05, 0.1) is 6.61 Å². The Hall–Kier alpha value is -0.640. The van der Waals surface area contributed by atoms with Gasteiger partial charge in [-0.05, 0) is 31.8 Å². The second kappa shape index (κ2) is 8.46. The molecule has 0 radical (unpaired) electrons. The molecule has 1 unspecified atom stereocenters. The molecule has 0 saturated carbocycles. The summed E-state index contributed by atoms with van der Waals surface area (Å²) in [7, 11) is 0. The molecule has 0 heterocycles. The molecule has 102 valence electrons. The van der Waals surface area contributed by atoms with Gasteiger partial charge in [0.25, 0.3) is 0 Å². The molecule has 1 atom stereocenters. The van der Waals surface area contributed by atoms with Gasteiger partial charge in [-0.25, -0.2) is 0 Å². The van der Waals surface area contributed by atoms with Crippen molar-refractivity contribution in [3.63, 3.8) is 0 Å². The number of esters is 1. The van der Waals surface area contributed by atoms with E-state index in [2.05, 4.69) is 15.9 Å². The van der Waals surface area contributed by atoms with E-state index in [1.165, 1.54) is 0 Å². The Kier molecular flexibility index (Phi) is 7.25. The zero-order chi connectivity index (χ0) is 13.4. The fourth-order valence-electron chi connectivity index (χ4n) is 2.07. The first-order valence-corrected chi connectivity index (χ1v) is 7.58. The molecule has 0 spiro atoms. The molecule has 1 aliphatic rings. The smallest absolute Gasteiger partial charge is 0.305 e. The van der Waals surface area contributed by atoms with Crippen LogP contribution in [0.5, 0.6) is 0 Å². The number of carbonyl (C=O) groups excluding carboxylic acids is 2. The molecule has 0 bridgehead atoms. The molecule has 4 heteroatoms. The van der Waals surface area contributed by atoms with E-state index in [4.69, 9.17) is 4.74 Å². The van der Waals surface area contributed by atoms with Gasteiger partial charge in [-0.15, -0.1) is 0 Å². The Bertz CT molecular complexity index is 323. The van der Waals surface area contributed by atoms with Gasteiger partial charge in [0, 0.05) is 17.7 Å². The fraction of sp³-hybridized carbons (Fsp3) is 0.714. The minimum atomic E-state index is -0.103. The predicted molar refractivity (Wildman–Crippen MR) is 74.8 cm³/mol. The van der Waals surface area contributed by atoms with Crippen LogP contribution in [-0.2, 0) is 14.3 Å². The van der Waals surface area contributed by atoms with E-state index in [1.54, 1.807) is 0 Å². The highest BCUT2D eigenvalue weighted by Crippen LogP contribution is 2.25. The Morgan fingerprint density at radius 1 is 1.39 bits per heavy atom.